The highest BCUT2D eigenvalue weighted by molar-refractivity contribution is 7.93. The maximum Gasteiger partial charge on any atom is 0.264 e. The van der Waals surface area contributed by atoms with E-state index in [1.54, 1.807) is 24.4 Å². The van der Waals surface area contributed by atoms with Gasteiger partial charge in [0.1, 0.15) is 4.90 Å². The van der Waals surface area contributed by atoms with E-state index in [1.807, 2.05) is 36.4 Å². The van der Waals surface area contributed by atoms with Crippen molar-refractivity contribution in [2.45, 2.75) is 11.4 Å². The molecule has 0 bridgehead atoms. The molecular weight excluding hydrogens is 372 g/mol. The van der Waals surface area contributed by atoms with E-state index < -0.39 is 10.0 Å². The first-order valence-corrected chi connectivity index (χ1v) is 10.9. The molecule has 0 radical (unpaired) electrons. The number of rotatable bonds is 5. The summed E-state index contributed by atoms with van der Waals surface area (Å²) in [5.74, 6) is 0. The lowest BCUT2D eigenvalue weighted by molar-refractivity contribution is 0.148. The number of nitrogens with zero attached hydrogens (tertiary/aromatic N) is 3. The molecule has 28 heavy (non-hydrogen) atoms. The molecule has 1 aromatic heterocycles. The van der Waals surface area contributed by atoms with Crippen LogP contribution in [0.2, 0.25) is 0 Å². The molecule has 1 fully saturated rings. The maximum atomic E-state index is 12.9. The molecule has 1 aliphatic rings. The molecule has 1 N–H and O–H groups in total. The van der Waals surface area contributed by atoms with Crippen molar-refractivity contribution in [2.24, 2.45) is 0 Å². The summed E-state index contributed by atoms with van der Waals surface area (Å²) in [4.78, 5) is 9.18. The predicted octanol–water partition coefficient (Wildman–Crippen LogP) is 2.78. The van der Waals surface area contributed by atoms with Crippen LogP contribution in [0, 0.1) is 0 Å². The molecule has 0 atom stereocenters. The number of fused-ring (bicyclic) bond motifs is 1. The minimum atomic E-state index is -3.71. The van der Waals surface area contributed by atoms with E-state index in [0.29, 0.717) is 11.2 Å². The summed E-state index contributed by atoms with van der Waals surface area (Å²) in [7, 11) is -1.57. The summed E-state index contributed by atoms with van der Waals surface area (Å²) in [6, 6.07) is 16.4. The van der Waals surface area contributed by atoms with Crippen molar-refractivity contribution in [3.8, 4) is 0 Å². The highest BCUT2D eigenvalue weighted by atomic mass is 32.2. The van der Waals surface area contributed by atoms with Crippen LogP contribution in [0.4, 0.5) is 5.69 Å². The molecule has 146 valence electrons. The van der Waals surface area contributed by atoms with Gasteiger partial charge in [-0.05, 0) is 36.9 Å². The smallest absolute Gasteiger partial charge is 0.264 e. The molecule has 2 aromatic carbocycles. The Kier molecular flexibility index (Phi) is 5.30. The van der Waals surface area contributed by atoms with Crippen LogP contribution in [-0.2, 0) is 16.6 Å². The molecule has 0 saturated carbocycles. The van der Waals surface area contributed by atoms with Crippen LogP contribution in [0.25, 0.3) is 10.9 Å². The highest BCUT2D eigenvalue weighted by Gasteiger charge is 2.18. The van der Waals surface area contributed by atoms with Gasteiger partial charge in [0.2, 0.25) is 0 Å². The fourth-order valence-electron chi connectivity index (χ4n) is 3.45. The SMILES string of the molecule is CN1CCN(Cc2ccc(NS(=O)(=O)c3cccc4cccnc34)cc2)CC1. The monoisotopic (exact) mass is 396 g/mol. The normalized spacial score (nSPS) is 16.3. The Labute approximate surface area is 165 Å². The van der Waals surface area contributed by atoms with Crippen molar-refractivity contribution in [2.75, 3.05) is 37.9 Å². The molecule has 7 heteroatoms. The summed E-state index contributed by atoms with van der Waals surface area (Å²) in [5, 5.41) is 0.799. The van der Waals surface area contributed by atoms with Gasteiger partial charge in [0.15, 0.2) is 0 Å². The van der Waals surface area contributed by atoms with Gasteiger partial charge in [-0.25, -0.2) is 8.42 Å². The topological polar surface area (TPSA) is 65.5 Å². The number of aromatic nitrogens is 1. The van der Waals surface area contributed by atoms with E-state index in [1.165, 1.54) is 5.56 Å². The fourth-order valence-corrected chi connectivity index (χ4v) is 4.68. The van der Waals surface area contributed by atoms with Crippen LogP contribution in [0.15, 0.2) is 65.7 Å². The number of hydrogen-bond donors (Lipinski definition) is 1. The van der Waals surface area contributed by atoms with Crippen molar-refractivity contribution in [1.29, 1.82) is 0 Å². The molecule has 0 aliphatic carbocycles. The van der Waals surface area contributed by atoms with E-state index in [4.69, 9.17) is 0 Å². The first kappa shape index (κ1) is 18.9. The average molecular weight is 397 g/mol. The third-order valence-corrected chi connectivity index (χ3v) is 6.51. The zero-order valence-corrected chi connectivity index (χ0v) is 16.7. The standard InChI is InChI=1S/C21H24N4O2S/c1-24-12-14-25(15-13-24)16-17-7-9-19(10-8-17)23-28(26,27)20-6-2-4-18-5-3-11-22-21(18)20/h2-11,23H,12-16H2,1H3. The van der Waals surface area contributed by atoms with Crippen LogP contribution >= 0.6 is 0 Å². The van der Waals surface area contributed by atoms with Gasteiger partial charge in [0.05, 0.1) is 5.52 Å². The minimum absolute atomic E-state index is 0.187. The Morgan fingerprint density at radius 2 is 1.68 bits per heavy atom. The van der Waals surface area contributed by atoms with Crippen LogP contribution < -0.4 is 4.72 Å². The number of hydrogen-bond acceptors (Lipinski definition) is 5. The summed E-state index contributed by atoms with van der Waals surface area (Å²) < 4.78 is 28.4. The molecule has 1 saturated heterocycles. The molecule has 2 heterocycles. The van der Waals surface area contributed by atoms with Gasteiger partial charge in [0, 0.05) is 50.0 Å². The van der Waals surface area contributed by atoms with Crippen molar-refractivity contribution >= 4 is 26.6 Å². The largest absolute Gasteiger partial charge is 0.304 e. The van der Waals surface area contributed by atoms with E-state index in [0.717, 1.165) is 38.1 Å². The lowest BCUT2D eigenvalue weighted by Crippen LogP contribution is -2.43. The second-order valence-corrected chi connectivity index (χ2v) is 8.86. The van der Waals surface area contributed by atoms with Crippen LogP contribution in [0.3, 0.4) is 0 Å². The number of pyridine rings is 1. The van der Waals surface area contributed by atoms with Gasteiger partial charge in [-0.15, -0.1) is 0 Å². The Hall–Kier alpha value is -2.48. The number of piperazine rings is 1. The number of likely N-dealkylation sites (N-methyl/N-ethyl adjacent to an activating group) is 1. The van der Waals surface area contributed by atoms with Gasteiger partial charge >= 0.3 is 0 Å². The molecule has 0 amide bonds. The molecule has 3 aromatic rings. The molecular formula is C21H24N4O2S. The first-order valence-electron chi connectivity index (χ1n) is 9.38. The fraction of sp³-hybridized carbons (Fsp3) is 0.286. The van der Waals surface area contributed by atoms with Gasteiger partial charge in [-0.1, -0.05) is 30.3 Å². The van der Waals surface area contributed by atoms with Gasteiger partial charge in [-0.2, -0.15) is 0 Å². The highest BCUT2D eigenvalue weighted by Crippen LogP contribution is 2.23. The third kappa shape index (κ3) is 4.16. The van der Waals surface area contributed by atoms with Crippen LogP contribution in [0.5, 0.6) is 0 Å². The second kappa shape index (κ2) is 7.87. The predicted molar refractivity (Wildman–Crippen MR) is 112 cm³/mol. The lowest BCUT2D eigenvalue weighted by atomic mass is 10.2. The summed E-state index contributed by atoms with van der Waals surface area (Å²) >= 11 is 0. The van der Waals surface area contributed by atoms with E-state index >= 15 is 0 Å². The van der Waals surface area contributed by atoms with Crippen molar-refractivity contribution in [3.05, 3.63) is 66.4 Å². The summed E-state index contributed by atoms with van der Waals surface area (Å²) in [5.41, 5.74) is 2.21. The molecule has 6 nitrogen and oxygen atoms in total. The van der Waals surface area contributed by atoms with Crippen LogP contribution in [-0.4, -0.2) is 56.4 Å². The van der Waals surface area contributed by atoms with Gasteiger partial charge < -0.3 is 4.90 Å². The number of anilines is 1. The number of benzene rings is 2. The molecule has 1 aliphatic heterocycles. The summed E-state index contributed by atoms with van der Waals surface area (Å²) in [6.45, 7) is 5.15. The van der Waals surface area contributed by atoms with E-state index in [2.05, 4.69) is 26.6 Å². The van der Waals surface area contributed by atoms with Gasteiger partial charge in [0.25, 0.3) is 10.0 Å². The minimum Gasteiger partial charge on any atom is -0.304 e. The molecule has 0 unspecified atom stereocenters. The van der Waals surface area contributed by atoms with Crippen LogP contribution in [0.1, 0.15) is 5.56 Å². The van der Waals surface area contributed by atoms with Crippen molar-refractivity contribution < 1.29 is 8.42 Å². The number of nitrogens with one attached hydrogen (secondary N) is 1. The van der Waals surface area contributed by atoms with Gasteiger partial charge in [-0.3, -0.25) is 14.6 Å². The Bertz CT molecular complexity index is 1050. The Balaban J connectivity index is 1.49. The Morgan fingerprint density at radius 1 is 0.964 bits per heavy atom. The number of sulfonamides is 1. The van der Waals surface area contributed by atoms with E-state index in [9.17, 15) is 8.42 Å². The van der Waals surface area contributed by atoms with Crippen molar-refractivity contribution in [3.63, 3.8) is 0 Å². The van der Waals surface area contributed by atoms with Crippen molar-refractivity contribution in [1.82, 2.24) is 14.8 Å². The zero-order chi connectivity index (χ0) is 19.6. The summed E-state index contributed by atoms with van der Waals surface area (Å²) in [6.07, 6.45) is 1.61. The quantitative estimate of drug-likeness (QED) is 0.718. The molecule has 0 spiro atoms. The first-order chi connectivity index (χ1) is 13.5. The zero-order valence-electron chi connectivity index (χ0n) is 15.9. The Morgan fingerprint density at radius 3 is 2.43 bits per heavy atom. The maximum absolute atomic E-state index is 12.9. The lowest BCUT2D eigenvalue weighted by Gasteiger charge is -2.32. The average Bonchev–Trinajstić information content (AvgIpc) is 2.70. The third-order valence-electron chi connectivity index (χ3n) is 5.09. The second-order valence-electron chi connectivity index (χ2n) is 7.21. The van der Waals surface area contributed by atoms with E-state index in [-0.39, 0.29) is 4.90 Å². The molecule has 4 rings (SSSR count). The number of para-hydroxylation sites is 1.